The minimum absolute atomic E-state index is 0.0215. The highest BCUT2D eigenvalue weighted by Gasteiger charge is 2.26. The lowest BCUT2D eigenvalue weighted by molar-refractivity contribution is 0.0696. The van der Waals surface area contributed by atoms with E-state index in [-0.39, 0.29) is 11.3 Å². The van der Waals surface area contributed by atoms with Crippen molar-refractivity contribution in [2.45, 2.75) is 44.4 Å². The van der Waals surface area contributed by atoms with E-state index in [2.05, 4.69) is 4.52 Å². The maximum atomic E-state index is 12.1. The third kappa shape index (κ3) is 5.15. The fourth-order valence-electron chi connectivity index (χ4n) is 2.44. The standard InChI is InChI=1S/C16H25N3O5S/c1-4-6-8-19(9-7-5-2)13-10-12(16(20)21)11-14(15(13)24-3)25(22,23)18-17/h10-11,17H,4-9H2,1-3H3,(H,20,21). The molecule has 0 saturated carbocycles. The number of carbonyl (C=O) groups is 1. The Bertz CT molecular complexity index is 711. The Hall–Kier alpha value is -2.16. The van der Waals surface area contributed by atoms with Crippen molar-refractivity contribution in [1.82, 2.24) is 0 Å². The molecule has 0 aliphatic rings. The minimum atomic E-state index is -4.32. The van der Waals surface area contributed by atoms with Gasteiger partial charge in [-0.3, -0.25) is 0 Å². The van der Waals surface area contributed by atoms with Gasteiger partial charge >= 0.3 is 16.0 Å². The van der Waals surface area contributed by atoms with Crippen LogP contribution in [0.15, 0.2) is 21.5 Å². The van der Waals surface area contributed by atoms with Crippen LogP contribution in [0.4, 0.5) is 5.69 Å². The summed E-state index contributed by atoms with van der Waals surface area (Å²) in [7, 11) is -3.00. The largest absolute Gasteiger partial charge is 0.493 e. The van der Waals surface area contributed by atoms with Crippen molar-refractivity contribution >= 4 is 21.7 Å². The number of anilines is 1. The van der Waals surface area contributed by atoms with Crippen LogP contribution in [0.25, 0.3) is 0 Å². The molecule has 9 heteroatoms. The molecule has 140 valence electrons. The van der Waals surface area contributed by atoms with Gasteiger partial charge in [-0.2, -0.15) is 13.9 Å². The summed E-state index contributed by atoms with van der Waals surface area (Å²) in [6.45, 7) is 5.37. The summed E-state index contributed by atoms with van der Waals surface area (Å²) in [5, 5.41) is 9.34. The normalized spacial score (nSPS) is 11.2. The van der Waals surface area contributed by atoms with Gasteiger partial charge in [0, 0.05) is 13.1 Å². The maximum absolute atomic E-state index is 12.1. The molecule has 0 aliphatic carbocycles. The summed E-state index contributed by atoms with van der Waals surface area (Å²) < 4.78 is 32.2. The molecule has 0 heterocycles. The number of methoxy groups -OCH3 is 1. The van der Waals surface area contributed by atoms with Gasteiger partial charge in [0.15, 0.2) is 5.75 Å². The van der Waals surface area contributed by atoms with Crippen LogP contribution in [0.2, 0.25) is 0 Å². The number of rotatable bonds is 11. The Balaban J connectivity index is 3.63. The third-order valence-electron chi connectivity index (χ3n) is 3.79. The fourth-order valence-corrected chi connectivity index (χ4v) is 3.24. The van der Waals surface area contributed by atoms with Gasteiger partial charge in [-0.05, 0) is 25.0 Å². The van der Waals surface area contributed by atoms with Crippen molar-refractivity contribution in [2.24, 2.45) is 4.52 Å². The summed E-state index contributed by atoms with van der Waals surface area (Å²) in [4.78, 5) is 13.0. The first-order valence-electron chi connectivity index (χ1n) is 8.16. The van der Waals surface area contributed by atoms with Crippen LogP contribution in [-0.4, -0.2) is 39.7 Å². The molecule has 2 N–H and O–H groups in total. The molecule has 0 radical (unpaired) electrons. The lowest BCUT2D eigenvalue weighted by Gasteiger charge is -2.27. The second kappa shape index (κ2) is 9.36. The number of carboxylic acids is 1. The molecule has 1 rings (SSSR count). The molecule has 1 aromatic carbocycles. The molecule has 0 aromatic heterocycles. The van der Waals surface area contributed by atoms with E-state index in [0.29, 0.717) is 18.8 Å². The van der Waals surface area contributed by atoms with Crippen LogP contribution in [0.5, 0.6) is 5.75 Å². The molecule has 8 nitrogen and oxygen atoms in total. The zero-order valence-electron chi connectivity index (χ0n) is 14.8. The van der Waals surface area contributed by atoms with Crippen molar-refractivity contribution in [1.29, 1.82) is 5.53 Å². The van der Waals surface area contributed by atoms with Crippen LogP contribution in [0.3, 0.4) is 0 Å². The number of nitrogens with zero attached hydrogens (tertiary/aromatic N) is 2. The van der Waals surface area contributed by atoms with Crippen molar-refractivity contribution in [3.63, 3.8) is 0 Å². The number of aromatic carboxylic acids is 1. The highest BCUT2D eigenvalue weighted by atomic mass is 32.2. The number of benzene rings is 1. The van der Waals surface area contributed by atoms with Crippen molar-refractivity contribution in [3.05, 3.63) is 17.7 Å². The van der Waals surface area contributed by atoms with Gasteiger partial charge in [0.05, 0.1) is 18.4 Å². The Morgan fingerprint density at radius 3 is 2.20 bits per heavy atom. The fraction of sp³-hybridized carbons (Fsp3) is 0.562. The van der Waals surface area contributed by atoms with E-state index in [9.17, 15) is 18.3 Å². The number of nitrogens with one attached hydrogen (secondary N) is 1. The molecule has 0 fully saturated rings. The zero-order valence-corrected chi connectivity index (χ0v) is 15.6. The highest BCUT2D eigenvalue weighted by molar-refractivity contribution is 7.90. The van der Waals surface area contributed by atoms with Crippen LogP contribution >= 0.6 is 0 Å². The molecule has 0 amide bonds. The molecule has 0 saturated heterocycles. The second-order valence-electron chi connectivity index (χ2n) is 5.59. The minimum Gasteiger partial charge on any atom is -0.493 e. The predicted molar refractivity (Wildman–Crippen MR) is 94.3 cm³/mol. The Morgan fingerprint density at radius 1 is 1.24 bits per heavy atom. The number of sulfonamides is 1. The van der Waals surface area contributed by atoms with Gasteiger partial charge in [-0.15, -0.1) is 0 Å². The number of hydrogen-bond donors (Lipinski definition) is 2. The van der Waals surface area contributed by atoms with E-state index in [4.69, 9.17) is 10.3 Å². The van der Waals surface area contributed by atoms with Gasteiger partial charge in [0.1, 0.15) is 4.90 Å². The number of unbranched alkanes of at least 4 members (excludes halogenated alkanes) is 2. The summed E-state index contributed by atoms with van der Waals surface area (Å²) in [5.74, 6) is -1.23. The average Bonchev–Trinajstić information content (AvgIpc) is 2.60. The van der Waals surface area contributed by atoms with Gasteiger partial charge < -0.3 is 14.7 Å². The number of hydrogen-bond acceptors (Lipinski definition) is 6. The molecule has 0 unspecified atom stereocenters. The Morgan fingerprint density at radius 2 is 1.80 bits per heavy atom. The van der Waals surface area contributed by atoms with Crippen LogP contribution in [0.1, 0.15) is 49.9 Å². The Labute approximate surface area is 148 Å². The van der Waals surface area contributed by atoms with E-state index in [1.807, 2.05) is 18.7 Å². The first-order valence-corrected chi connectivity index (χ1v) is 9.60. The molecular formula is C16H25N3O5S. The molecule has 0 atom stereocenters. The molecule has 1 aromatic rings. The second-order valence-corrected chi connectivity index (χ2v) is 7.16. The summed E-state index contributed by atoms with van der Waals surface area (Å²) in [6, 6.07) is 2.39. The van der Waals surface area contributed by atoms with E-state index in [1.165, 1.54) is 13.2 Å². The van der Waals surface area contributed by atoms with Gasteiger partial charge in [0.25, 0.3) is 0 Å². The Kier molecular flexibility index (Phi) is 7.82. The molecule has 0 spiro atoms. The topological polar surface area (TPSA) is 120 Å². The molecule has 0 bridgehead atoms. The van der Waals surface area contributed by atoms with Crippen LogP contribution < -0.4 is 9.64 Å². The van der Waals surface area contributed by atoms with E-state index >= 15 is 0 Å². The highest BCUT2D eigenvalue weighted by Crippen LogP contribution is 2.37. The smallest absolute Gasteiger partial charge is 0.335 e. The summed E-state index contributed by atoms with van der Waals surface area (Å²) >= 11 is 0. The van der Waals surface area contributed by atoms with E-state index in [1.54, 1.807) is 0 Å². The molecule has 25 heavy (non-hydrogen) atoms. The quantitative estimate of drug-likeness (QED) is 0.574. The van der Waals surface area contributed by atoms with Gasteiger partial charge in [-0.1, -0.05) is 31.2 Å². The molecular weight excluding hydrogens is 346 g/mol. The van der Waals surface area contributed by atoms with E-state index in [0.717, 1.165) is 31.7 Å². The third-order valence-corrected chi connectivity index (χ3v) is 4.89. The summed E-state index contributed by atoms with van der Waals surface area (Å²) in [6.07, 6.45) is 3.62. The summed E-state index contributed by atoms with van der Waals surface area (Å²) in [5.41, 5.74) is 7.12. The number of ether oxygens (including phenoxy) is 1. The van der Waals surface area contributed by atoms with Crippen LogP contribution in [-0.2, 0) is 10.0 Å². The van der Waals surface area contributed by atoms with Crippen molar-refractivity contribution in [2.75, 3.05) is 25.1 Å². The van der Waals surface area contributed by atoms with Crippen molar-refractivity contribution in [3.8, 4) is 5.75 Å². The lowest BCUT2D eigenvalue weighted by atomic mass is 10.1. The lowest BCUT2D eigenvalue weighted by Crippen LogP contribution is -2.27. The van der Waals surface area contributed by atoms with E-state index < -0.39 is 20.9 Å². The first kappa shape index (κ1) is 20.9. The SMILES string of the molecule is CCCCN(CCCC)c1cc(C(=O)O)cc(S(=O)(=O)N=N)c1OC. The number of carboxylic acid groups (broad SMARTS) is 1. The monoisotopic (exact) mass is 371 g/mol. The first-order chi connectivity index (χ1) is 11.8. The van der Waals surface area contributed by atoms with Crippen LogP contribution in [0, 0.1) is 5.53 Å². The van der Waals surface area contributed by atoms with Gasteiger partial charge in [0.2, 0.25) is 0 Å². The van der Waals surface area contributed by atoms with Gasteiger partial charge in [-0.25, -0.2) is 4.79 Å². The van der Waals surface area contributed by atoms with Crippen molar-refractivity contribution < 1.29 is 23.1 Å². The zero-order chi connectivity index (χ0) is 19.0. The average molecular weight is 371 g/mol. The maximum Gasteiger partial charge on any atom is 0.335 e. The molecule has 0 aliphatic heterocycles. The predicted octanol–water partition coefficient (Wildman–Crippen LogP) is 3.52.